The van der Waals surface area contributed by atoms with Crippen LogP contribution in [0.4, 0.5) is 10.1 Å². The van der Waals surface area contributed by atoms with E-state index in [1.54, 1.807) is 51.3 Å². The number of anilines is 1. The summed E-state index contributed by atoms with van der Waals surface area (Å²) in [6.45, 7) is 5.30. The Kier molecular flexibility index (Phi) is 6.55. The summed E-state index contributed by atoms with van der Waals surface area (Å²) in [6.07, 6.45) is 0. The van der Waals surface area contributed by atoms with Crippen LogP contribution >= 0.6 is 0 Å². The molecule has 0 saturated carbocycles. The molecule has 0 N–H and O–H groups in total. The van der Waals surface area contributed by atoms with Gasteiger partial charge in [-0.1, -0.05) is 17.7 Å². The number of halogens is 1. The van der Waals surface area contributed by atoms with Crippen LogP contribution in [0.3, 0.4) is 0 Å². The predicted molar refractivity (Wildman–Crippen MR) is 120 cm³/mol. The molecule has 3 rings (SSSR count). The number of nitrogens with zero attached hydrogens (tertiary/aromatic N) is 1. The van der Waals surface area contributed by atoms with Crippen LogP contribution in [-0.2, 0) is 10.0 Å². The van der Waals surface area contributed by atoms with E-state index < -0.39 is 21.9 Å². The first-order valence-corrected chi connectivity index (χ1v) is 11.2. The van der Waals surface area contributed by atoms with Crippen molar-refractivity contribution in [1.29, 1.82) is 0 Å². The standard InChI is InChI=1S/C24H26FNO4S/c1-16-6-9-20(10-7-16)26(31(27,28)24-13-8-19(25)14-17(24)2)18(3)22-15-21(29-4)11-12-23(22)30-5/h6-15,18H,1-5H3. The third kappa shape index (κ3) is 4.51. The third-order valence-electron chi connectivity index (χ3n) is 5.20. The number of rotatable bonds is 7. The summed E-state index contributed by atoms with van der Waals surface area (Å²) >= 11 is 0. The van der Waals surface area contributed by atoms with Crippen molar-refractivity contribution in [2.24, 2.45) is 0 Å². The lowest BCUT2D eigenvalue weighted by Gasteiger charge is -2.32. The van der Waals surface area contributed by atoms with Crippen molar-refractivity contribution in [3.63, 3.8) is 0 Å². The van der Waals surface area contributed by atoms with E-state index in [0.717, 1.165) is 11.6 Å². The second-order valence-corrected chi connectivity index (χ2v) is 9.11. The van der Waals surface area contributed by atoms with Gasteiger partial charge < -0.3 is 9.47 Å². The van der Waals surface area contributed by atoms with Crippen LogP contribution in [0.2, 0.25) is 0 Å². The Labute approximate surface area is 183 Å². The molecule has 0 heterocycles. The fourth-order valence-electron chi connectivity index (χ4n) is 3.56. The summed E-state index contributed by atoms with van der Waals surface area (Å²) in [7, 11) is -0.953. The van der Waals surface area contributed by atoms with E-state index in [-0.39, 0.29) is 4.90 Å². The van der Waals surface area contributed by atoms with Crippen molar-refractivity contribution < 1.29 is 22.3 Å². The van der Waals surface area contributed by atoms with Crippen LogP contribution in [0.25, 0.3) is 0 Å². The molecule has 0 amide bonds. The minimum Gasteiger partial charge on any atom is -0.497 e. The van der Waals surface area contributed by atoms with Crippen LogP contribution in [0.15, 0.2) is 65.6 Å². The maximum absolute atomic E-state index is 13.9. The number of methoxy groups -OCH3 is 2. The highest BCUT2D eigenvalue weighted by atomic mass is 32.2. The largest absolute Gasteiger partial charge is 0.497 e. The Morgan fingerprint density at radius 2 is 1.58 bits per heavy atom. The molecule has 0 bridgehead atoms. The molecule has 0 radical (unpaired) electrons. The number of ether oxygens (including phenoxy) is 2. The van der Waals surface area contributed by atoms with Gasteiger partial charge >= 0.3 is 0 Å². The average Bonchev–Trinajstić information content (AvgIpc) is 2.74. The highest BCUT2D eigenvalue weighted by molar-refractivity contribution is 7.92. The Morgan fingerprint density at radius 3 is 2.16 bits per heavy atom. The highest BCUT2D eigenvalue weighted by Crippen LogP contribution is 2.39. The van der Waals surface area contributed by atoms with Crippen LogP contribution in [0, 0.1) is 19.7 Å². The van der Waals surface area contributed by atoms with Crippen LogP contribution in [-0.4, -0.2) is 22.6 Å². The summed E-state index contributed by atoms with van der Waals surface area (Å²) in [6, 6.07) is 15.5. The molecule has 0 aliphatic carbocycles. The van der Waals surface area contributed by atoms with Crippen LogP contribution in [0.5, 0.6) is 11.5 Å². The maximum Gasteiger partial charge on any atom is 0.265 e. The number of benzene rings is 3. The summed E-state index contributed by atoms with van der Waals surface area (Å²) in [5, 5.41) is 0. The molecule has 0 fully saturated rings. The zero-order valence-corrected chi connectivity index (χ0v) is 19.0. The second kappa shape index (κ2) is 8.98. The molecule has 164 valence electrons. The molecular weight excluding hydrogens is 417 g/mol. The fourth-order valence-corrected chi connectivity index (χ4v) is 5.41. The van der Waals surface area contributed by atoms with E-state index in [2.05, 4.69) is 0 Å². The van der Waals surface area contributed by atoms with Gasteiger partial charge in [0.15, 0.2) is 0 Å². The van der Waals surface area contributed by atoms with Crippen LogP contribution in [0.1, 0.15) is 29.7 Å². The van der Waals surface area contributed by atoms with Gasteiger partial charge in [-0.05, 0) is 74.9 Å². The topological polar surface area (TPSA) is 55.8 Å². The lowest BCUT2D eigenvalue weighted by molar-refractivity contribution is 0.396. The monoisotopic (exact) mass is 443 g/mol. The van der Waals surface area contributed by atoms with Crippen molar-refractivity contribution in [2.75, 3.05) is 18.5 Å². The minimum absolute atomic E-state index is 0.0446. The molecule has 5 nitrogen and oxygen atoms in total. The van der Waals surface area contributed by atoms with E-state index in [1.165, 1.54) is 23.5 Å². The molecule has 0 spiro atoms. The van der Waals surface area contributed by atoms with Gasteiger partial charge in [0.25, 0.3) is 10.0 Å². The summed E-state index contributed by atoms with van der Waals surface area (Å²) < 4.78 is 53.6. The summed E-state index contributed by atoms with van der Waals surface area (Å²) in [5.41, 5.74) is 2.48. The van der Waals surface area contributed by atoms with Gasteiger partial charge in [0.1, 0.15) is 17.3 Å². The zero-order chi connectivity index (χ0) is 22.8. The smallest absolute Gasteiger partial charge is 0.265 e. The normalized spacial score (nSPS) is 12.3. The van der Waals surface area contributed by atoms with Gasteiger partial charge in [-0.25, -0.2) is 12.8 Å². The molecule has 1 unspecified atom stereocenters. The molecule has 3 aromatic rings. The number of hydrogen-bond donors (Lipinski definition) is 0. The number of sulfonamides is 1. The molecule has 0 aliphatic rings. The molecular formula is C24H26FNO4S. The highest BCUT2D eigenvalue weighted by Gasteiger charge is 2.33. The molecule has 7 heteroatoms. The van der Waals surface area contributed by atoms with Crippen molar-refractivity contribution in [3.05, 3.63) is 83.2 Å². The lowest BCUT2D eigenvalue weighted by atomic mass is 10.1. The molecule has 0 aromatic heterocycles. The summed E-state index contributed by atoms with van der Waals surface area (Å²) in [4.78, 5) is 0.0446. The van der Waals surface area contributed by atoms with E-state index in [1.807, 2.05) is 19.1 Å². The van der Waals surface area contributed by atoms with Gasteiger partial charge in [0.2, 0.25) is 0 Å². The van der Waals surface area contributed by atoms with Crippen LogP contribution < -0.4 is 13.8 Å². The maximum atomic E-state index is 13.9. The van der Waals surface area contributed by atoms with E-state index in [9.17, 15) is 12.8 Å². The first-order valence-electron chi connectivity index (χ1n) is 9.78. The van der Waals surface area contributed by atoms with Crippen molar-refractivity contribution in [1.82, 2.24) is 0 Å². The first kappa shape index (κ1) is 22.6. The summed E-state index contributed by atoms with van der Waals surface area (Å²) in [5.74, 6) is 0.638. The molecule has 0 aliphatic heterocycles. The van der Waals surface area contributed by atoms with Gasteiger partial charge in [-0.2, -0.15) is 0 Å². The van der Waals surface area contributed by atoms with E-state index >= 15 is 0 Å². The lowest BCUT2D eigenvalue weighted by Crippen LogP contribution is -2.34. The van der Waals surface area contributed by atoms with E-state index in [4.69, 9.17) is 9.47 Å². The van der Waals surface area contributed by atoms with Gasteiger partial charge in [0.05, 0.1) is 30.8 Å². The third-order valence-corrected chi connectivity index (χ3v) is 7.26. The quantitative estimate of drug-likeness (QED) is 0.490. The fraction of sp³-hybridized carbons (Fsp3) is 0.250. The SMILES string of the molecule is COc1ccc(OC)c(C(C)N(c2ccc(C)cc2)S(=O)(=O)c2ccc(F)cc2C)c1. The van der Waals surface area contributed by atoms with Crippen molar-refractivity contribution in [2.45, 2.75) is 31.7 Å². The predicted octanol–water partition coefficient (Wildman–Crippen LogP) is 5.42. The Hall–Kier alpha value is -3.06. The molecule has 31 heavy (non-hydrogen) atoms. The Morgan fingerprint density at radius 1 is 0.903 bits per heavy atom. The van der Waals surface area contributed by atoms with Gasteiger partial charge in [0, 0.05) is 5.56 Å². The zero-order valence-electron chi connectivity index (χ0n) is 18.2. The Balaban J connectivity index is 2.24. The molecule has 3 aromatic carbocycles. The second-order valence-electron chi connectivity index (χ2n) is 7.33. The molecule has 1 atom stereocenters. The van der Waals surface area contributed by atoms with Gasteiger partial charge in [-0.3, -0.25) is 4.31 Å². The van der Waals surface area contributed by atoms with Gasteiger partial charge in [-0.15, -0.1) is 0 Å². The first-order chi connectivity index (χ1) is 14.7. The number of aryl methyl sites for hydroxylation is 2. The molecule has 0 saturated heterocycles. The van der Waals surface area contributed by atoms with Crippen molar-refractivity contribution in [3.8, 4) is 11.5 Å². The minimum atomic E-state index is -4.04. The van der Waals surface area contributed by atoms with E-state index in [0.29, 0.717) is 28.3 Å². The Bertz CT molecular complexity index is 1180. The number of hydrogen-bond acceptors (Lipinski definition) is 4. The average molecular weight is 444 g/mol. The van der Waals surface area contributed by atoms with Crippen molar-refractivity contribution >= 4 is 15.7 Å².